The van der Waals surface area contributed by atoms with Crippen molar-refractivity contribution in [2.75, 3.05) is 11.0 Å². The van der Waals surface area contributed by atoms with E-state index in [2.05, 4.69) is 32.1 Å². The van der Waals surface area contributed by atoms with Crippen molar-refractivity contribution in [1.29, 1.82) is 0 Å². The molecular formula is C37H33F7N8O2S. The van der Waals surface area contributed by atoms with E-state index in [1.807, 2.05) is 0 Å². The van der Waals surface area contributed by atoms with Gasteiger partial charge < -0.3 is 11.1 Å². The zero-order chi connectivity index (χ0) is 39.8. The standard InChI is InChI=1S/C37H33F7N8O2S/c1-35(2,45)11-10-21-8-9-22(23-6-5-7-24-31(23)51(3)49-34(24)50-55(4)54)30(46-21)27(14-18-12-19(38)15-20(39)13-18)47-28(53)17-52-33-29(32(48-52)37(42,43)44)25-16-26(25)36(33,40)41/h5-9,12-13,15,25-27H,14,16-17,45H2,1-4H3,(H,47,53)(H,49,50)/t25-,26+,27-,55?/m0/s1. The van der Waals surface area contributed by atoms with Crippen LogP contribution in [0.2, 0.25) is 0 Å². The molecule has 3 heterocycles. The molecule has 3 aromatic heterocycles. The molecule has 18 heteroatoms. The van der Waals surface area contributed by atoms with Gasteiger partial charge in [-0.15, -0.1) is 0 Å². The Morgan fingerprint density at radius 1 is 1.09 bits per heavy atom. The fourth-order valence-electron chi connectivity index (χ4n) is 7.18. The van der Waals surface area contributed by atoms with Crippen LogP contribution >= 0.6 is 0 Å². The SMILES string of the molecule is Cn1nc(NS(C)=O)c2cccc(-c3ccc(C#CC(C)(C)N)nc3[C@H](Cc3cc(F)cc(F)c3)NC(=O)Cn3nc(C(F)(F)F)c4c3C(F)(F)[C@@H]3C[C@H]43)c21. The second-order valence-electron chi connectivity index (χ2n) is 14.3. The van der Waals surface area contributed by atoms with Gasteiger partial charge in [0.05, 0.1) is 22.8 Å². The van der Waals surface area contributed by atoms with Gasteiger partial charge in [-0.25, -0.2) is 18.0 Å². The zero-order valence-corrected chi connectivity index (χ0v) is 30.5. The van der Waals surface area contributed by atoms with Crippen molar-refractivity contribution in [3.05, 3.63) is 94.1 Å². The highest BCUT2D eigenvalue weighted by Crippen LogP contribution is 2.68. The number of amides is 1. The Bertz CT molecular complexity index is 2440. The Balaban J connectivity index is 1.37. The Labute approximate surface area is 312 Å². The second-order valence-corrected chi connectivity index (χ2v) is 15.4. The molecule has 5 aromatic rings. The summed E-state index contributed by atoms with van der Waals surface area (Å²) in [6, 6.07) is 9.87. The number of fused-ring (bicyclic) bond motifs is 4. The highest BCUT2D eigenvalue weighted by molar-refractivity contribution is 7.85. The molecule has 2 aliphatic rings. The maximum atomic E-state index is 15.4. The van der Waals surface area contributed by atoms with Gasteiger partial charge in [0.1, 0.15) is 40.6 Å². The minimum atomic E-state index is -5.05. The summed E-state index contributed by atoms with van der Waals surface area (Å²) in [5, 5.41) is 11.2. The van der Waals surface area contributed by atoms with E-state index in [4.69, 9.17) is 10.7 Å². The maximum Gasteiger partial charge on any atom is 0.435 e. The van der Waals surface area contributed by atoms with Crippen LogP contribution in [0.3, 0.4) is 0 Å². The average Bonchev–Trinajstić information content (AvgIpc) is 3.62. The lowest BCUT2D eigenvalue weighted by Gasteiger charge is -2.23. The Morgan fingerprint density at radius 3 is 2.45 bits per heavy atom. The van der Waals surface area contributed by atoms with E-state index in [1.165, 1.54) is 10.9 Å². The highest BCUT2D eigenvalue weighted by atomic mass is 32.2. The molecule has 4 atom stereocenters. The molecule has 288 valence electrons. The molecule has 7 rings (SSSR count). The first kappa shape index (κ1) is 38.0. The third-order valence-corrected chi connectivity index (χ3v) is 9.83. The first-order chi connectivity index (χ1) is 25.7. The average molecular weight is 787 g/mol. The van der Waals surface area contributed by atoms with E-state index in [0.29, 0.717) is 38.6 Å². The van der Waals surface area contributed by atoms with Crippen molar-refractivity contribution in [2.45, 2.75) is 62.8 Å². The van der Waals surface area contributed by atoms with Crippen molar-refractivity contribution in [1.82, 2.24) is 29.9 Å². The number of hydrogen-bond acceptors (Lipinski definition) is 6. The third-order valence-electron chi connectivity index (χ3n) is 9.35. The van der Waals surface area contributed by atoms with Gasteiger partial charge in [-0.1, -0.05) is 18.1 Å². The van der Waals surface area contributed by atoms with Crippen LogP contribution < -0.4 is 15.8 Å². The summed E-state index contributed by atoms with van der Waals surface area (Å²) >= 11 is 0. The number of anilines is 1. The van der Waals surface area contributed by atoms with Crippen LogP contribution in [0.25, 0.3) is 22.0 Å². The van der Waals surface area contributed by atoms with E-state index in [1.54, 1.807) is 51.2 Å². The Hall–Kier alpha value is -5.28. The summed E-state index contributed by atoms with van der Waals surface area (Å²) in [5.74, 6) is -2.79. The summed E-state index contributed by atoms with van der Waals surface area (Å²) < 4.78 is 119. The first-order valence-electron chi connectivity index (χ1n) is 16.9. The number of hydrogen-bond donors (Lipinski definition) is 3. The van der Waals surface area contributed by atoms with Crippen molar-refractivity contribution in [2.24, 2.45) is 18.7 Å². The topological polar surface area (TPSA) is 133 Å². The van der Waals surface area contributed by atoms with Gasteiger partial charge in [0.15, 0.2) is 11.5 Å². The number of rotatable bonds is 9. The van der Waals surface area contributed by atoms with Crippen molar-refractivity contribution in [3.8, 4) is 23.0 Å². The van der Waals surface area contributed by atoms with E-state index in [9.17, 15) is 31.0 Å². The van der Waals surface area contributed by atoms with Gasteiger partial charge in [0.25, 0.3) is 5.92 Å². The summed E-state index contributed by atoms with van der Waals surface area (Å²) in [6.07, 6.45) is -4.05. The quantitative estimate of drug-likeness (QED) is 0.120. The molecule has 0 spiro atoms. The lowest BCUT2D eigenvalue weighted by atomic mass is 9.93. The summed E-state index contributed by atoms with van der Waals surface area (Å²) in [5.41, 5.74) is 3.89. The summed E-state index contributed by atoms with van der Waals surface area (Å²) in [4.78, 5) is 18.6. The van der Waals surface area contributed by atoms with Crippen molar-refractivity contribution < 1.29 is 39.7 Å². The Kier molecular flexibility index (Phi) is 9.32. The number of nitrogens with one attached hydrogen (secondary N) is 2. The highest BCUT2D eigenvalue weighted by Gasteiger charge is 2.68. The van der Waals surface area contributed by atoms with Gasteiger partial charge in [-0.3, -0.25) is 18.9 Å². The number of nitrogens with two attached hydrogens (primary N) is 1. The first-order valence-corrected chi connectivity index (χ1v) is 18.5. The fraction of sp³-hybridized carbons (Fsp3) is 0.351. The molecule has 55 heavy (non-hydrogen) atoms. The third kappa shape index (κ3) is 7.42. The molecule has 2 aromatic carbocycles. The van der Waals surface area contributed by atoms with E-state index < -0.39 is 87.5 Å². The number of nitrogens with zero attached hydrogens (tertiary/aromatic N) is 5. The van der Waals surface area contributed by atoms with E-state index in [-0.39, 0.29) is 29.8 Å². The van der Waals surface area contributed by atoms with Crippen molar-refractivity contribution in [3.63, 3.8) is 0 Å². The van der Waals surface area contributed by atoms with Crippen LogP contribution in [-0.2, 0) is 47.9 Å². The van der Waals surface area contributed by atoms with Gasteiger partial charge in [-0.2, -0.15) is 32.1 Å². The fourth-order valence-corrected chi connectivity index (χ4v) is 7.60. The normalized spacial score (nSPS) is 18.3. The molecule has 1 saturated carbocycles. The molecule has 1 amide bonds. The van der Waals surface area contributed by atoms with Crippen LogP contribution in [0.15, 0.2) is 48.5 Å². The van der Waals surface area contributed by atoms with E-state index in [0.717, 1.165) is 12.1 Å². The maximum absolute atomic E-state index is 15.4. The molecule has 1 fully saturated rings. The molecule has 0 bridgehead atoms. The minimum absolute atomic E-state index is 0.0664. The number of carbonyl (C=O) groups is 1. The summed E-state index contributed by atoms with van der Waals surface area (Å²) in [6.45, 7) is 2.30. The molecule has 2 aliphatic carbocycles. The number of alkyl halides is 5. The number of pyridine rings is 1. The van der Waals surface area contributed by atoms with Gasteiger partial charge >= 0.3 is 6.18 Å². The smallest absolute Gasteiger partial charge is 0.346 e. The molecule has 1 unspecified atom stereocenters. The minimum Gasteiger partial charge on any atom is -0.346 e. The van der Waals surface area contributed by atoms with Crippen molar-refractivity contribution >= 4 is 33.6 Å². The monoisotopic (exact) mass is 786 g/mol. The molecular weight excluding hydrogens is 754 g/mol. The number of para-hydroxylation sites is 1. The summed E-state index contributed by atoms with van der Waals surface area (Å²) in [7, 11) is 0.168. The number of benzene rings is 2. The van der Waals surface area contributed by atoms with Gasteiger partial charge in [-0.05, 0) is 74.4 Å². The number of aromatic nitrogens is 5. The number of carbonyl (C=O) groups excluding carboxylic acids is 1. The Morgan fingerprint density at radius 2 is 1.80 bits per heavy atom. The van der Waals surface area contributed by atoms with Crippen LogP contribution in [0.5, 0.6) is 0 Å². The van der Waals surface area contributed by atoms with Crippen LogP contribution in [0, 0.1) is 29.4 Å². The molecule has 10 nitrogen and oxygen atoms in total. The molecule has 0 saturated heterocycles. The largest absolute Gasteiger partial charge is 0.435 e. The predicted octanol–water partition coefficient (Wildman–Crippen LogP) is 6.23. The van der Waals surface area contributed by atoms with Gasteiger partial charge in [0.2, 0.25) is 5.91 Å². The molecule has 0 aliphatic heterocycles. The lowest BCUT2D eigenvalue weighted by Crippen LogP contribution is -2.35. The van der Waals surface area contributed by atoms with Gasteiger partial charge in [0, 0.05) is 47.4 Å². The predicted molar refractivity (Wildman–Crippen MR) is 190 cm³/mol. The number of aryl methyl sites for hydroxylation is 1. The lowest BCUT2D eigenvalue weighted by molar-refractivity contribution is -0.142. The molecule has 0 radical (unpaired) electrons. The van der Waals surface area contributed by atoms with E-state index >= 15 is 8.78 Å². The van der Waals surface area contributed by atoms with Crippen LogP contribution in [0.1, 0.15) is 66.1 Å². The molecule has 4 N–H and O–H groups in total. The van der Waals surface area contributed by atoms with Crippen LogP contribution in [-0.4, -0.2) is 46.5 Å². The zero-order valence-electron chi connectivity index (χ0n) is 29.7. The van der Waals surface area contributed by atoms with Crippen LogP contribution in [0.4, 0.5) is 36.6 Å². The second kappa shape index (κ2) is 13.5. The number of halogens is 7.